The molecule has 86 valence electrons. The van der Waals surface area contributed by atoms with E-state index in [-0.39, 0.29) is 0 Å². The van der Waals surface area contributed by atoms with Gasteiger partial charge in [-0.3, -0.25) is 15.0 Å². The van der Waals surface area contributed by atoms with Crippen molar-refractivity contribution in [1.29, 1.82) is 0 Å². The van der Waals surface area contributed by atoms with Gasteiger partial charge in [0.25, 0.3) is 0 Å². The van der Waals surface area contributed by atoms with Crippen LogP contribution in [0.3, 0.4) is 0 Å². The number of rotatable bonds is 2. The van der Waals surface area contributed by atoms with E-state index < -0.39 is 11.8 Å². The number of methoxy groups -OCH3 is 1. The molecule has 1 rings (SSSR count). The second kappa shape index (κ2) is 5.34. The third kappa shape index (κ3) is 2.85. The summed E-state index contributed by atoms with van der Waals surface area (Å²) in [5.74, 6) is 3.34. The minimum Gasteiger partial charge on any atom is -0.495 e. The third-order valence-electron chi connectivity index (χ3n) is 1.75. The second-order valence-corrected chi connectivity index (χ2v) is 3.21. The average molecular weight is 244 g/mol. The van der Waals surface area contributed by atoms with Gasteiger partial charge in [0.15, 0.2) is 0 Å². The zero-order chi connectivity index (χ0) is 12.1. The third-order valence-corrected chi connectivity index (χ3v) is 1.98. The molecule has 0 spiro atoms. The van der Waals surface area contributed by atoms with Crippen LogP contribution >= 0.6 is 11.6 Å². The van der Waals surface area contributed by atoms with Crippen molar-refractivity contribution in [2.45, 2.75) is 0 Å². The predicted molar refractivity (Wildman–Crippen MR) is 59.0 cm³/mol. The Morgan fingerprint density at radius 2 is 2.06 bits per heavy atom. The van der Waals surface area contributed by atoms with Crippen LogP contribution in [0.15, 0.2) is 18.2 Å². The SMILES string of the molecule is COc1ccc(Cl)cc1NC(=O)C(=O)NN. The van der Waals surface area contributed by atoms with Crippen molar-refractivity contribution in [3.05, 3.63) is 23.2 Å². The van der Waals surface area contributed by atoms with Crippen molar-refractivity contribution >= 4 is 29.1 Å². The quantitative estimate of drug-likeness (QED) is 0.301. The zero-order valence-corrected chi connectivity index (χ0v) is 9.17. The van der Waals surface area contributed by atoms with Crippen molar-refractivity contribution < 1.29 is 14.3 Å². The van der Waals surface area contributed by atoms with Crippen molar-refractivity contribution in [3.8, 4) is 5.75 Å². The summed E-state index contributed by atoms with van der Waals surface area (Å²) in [6.45, 7) is 0. The number of nitrogens with two attached hydrogens (primary N) is 1. The number of hydrazine groups is 1. The summed E-state index contributed by atoms with van der Waals surface area (Å²) in [5.41, 5.74) is 2.01. The zero-order valence-electron chi connectivity index (χ0n) is 8.41. The van der Waals surface area contributed by atoms with E-state index in [2.05, 4.69) is 5.32 Å². The molecule has 0 aliphatic carbocycles. The lowest BCUT2D eigenvalue weighted by molar-refractivity contribution is -0.136. The highest BCUT2D eigenvalue weighted by Crippen LogP contribution is 2.27. The van der Waals surface area contributed by atoms with Gasteiger partial charge in [0.05, 0.1) is 12.8 Å². The maximum Gasteiger partial charge on any atom is 0.323 e. The Morgan fingerprint density at radius 1 is 1.38 bits per heavy atom. The van der Waals surface area contributed by atoms with Gasteiger partial charge in [0.2, 0.25) is 0 Å². The summed E-state index contributed by atoms with van der Waals surface area (Å²) in [5, 5.41) is 2.72. The van der Waals surface area contributed by atoms with E-state index in [9.17, 15) is 9.59 Å². The number of hydrogen-bond acceptors (Lipinski definition) is 4. The molecule has 0 radical (unpaired) electrons. The fraction of sp³-hybridized carbons (Fsp3) is 0.111. The van der Waals surface area contributed by atoms with Crippen LogP contribution in [0.4, 0.5) is 5.69 Å². The smallest absolute Gasteiger partial charge is 0.323 e. The first-order valence-electron chi connectivity index (χ1n) is 4.24. The maximum atomic E-state index is 11.2. The highest BCUT2D eigenvalue weighted by molar-refractivity contribution is 6.39. The lowest BCUT2D eigenvalue weighted by atomic mass is 10.3. The summed E-state index contributed by atoms with van der Waals surface area (Å²) >= 11 is 5.74. The number of ether oxygens (including phenoxy) is 1. The van der Waals surface area contributed by atoms with E-state index in [0.717, 1.165) is 0 Å². The Labute approximate surface area is 96.7 Å². The lowest BCUT2D eigenvalue weighted by Crippen LogP contribution is -2.39. The molecule has 0 bridgehead atoms. The normalized spacial score (nSPS) is 9.44. The Balaban J connectivity index is 2.91. The fourth-order valence-electron chi connectivity index (χ4n) is 1.02. The van der Waals surface area contributed by atoms with Gasteiger partial charge < -0.3 is 10.1 Å². The molecular weight excluding hydrogens is 234 g/mol. The molecule has 2 amide bonds. The molecule has 1 aromatic carbocycles. The van der Waals surface area contributed by atoms with Crippen molar-refractivity contribution in [1.82, 2.24) is 5.43 Å². The van der Waals surface area contributed by atoms with Crippen LogP contribution in [0.5, 0.6) is 5.75 Å². The van der Waals surface area contributed by atoms with Crippen LogP contribution in [0, 0.1) is 0 Å². The molecule has 0 saturated heterocycles. The van der Waals surface area contributed by atoms with Crippen LogP contribution < -0.4 is 21.3 Å². The number of amides is 2. The number of halogens is 1. The number of nitrogens with one attached hydrogen (secondary N) is 2. The van der Waals surface area contributed by atoms with E-state index in [1.165, 1.54) is 13.2 Å². The molecule has 0 saturated carbocycles. The molecule has 0 atom stereocenters. The molecule has 0 fully saturated rings. The van der Waals surface area contributed by atoms with Crippen LogP contribution in [-0.2, 0) is 9.59 Å². The second-order valence-electron chi connectivity index (χ2n) is 2.77. The van der Waals surface area contributed by atoms with Gasteiger partial charge in [-0.15, -0.1) is 0 Å². The molecule has 0 aliphatic rings. The average Bonchev–Trinajstić information content (AvgIpc) is 2.28. The Kier molecular flexibility index (Phi) is 4.10. The summed E-state index contributed by atoms with van der Waals surface area (Å²) in [6, 6.07) is 4.62. The topological polar surface area (TPSA) is 93.4 Å². The van der Waals surface area contributed by atoms with E-state index in [1.807, 2.05) is 0 Å². The molecule has 16 heavy (non-hydrogen) atoms. The van der Waals surface area contributed by atoms with Gasteiger partial charge in [0.1, 0.15) is 5.75 Å². The number of carbonyl (C=O) groups excluding carboxylic acids is 2. The molecule has 0 aromatic heterocycles. The van der Waals surface area contributed by atoms with Gasteiger partial charge in [0, 0.05) is 5.02 Å². The number of benzene rings is 1. The van der Waals surface area contributed by atoms with E-state index in [0.29, 0.717) is 16.5 Å². The Hall–Kier alpha value is -1.79. The van der Waals surface area contributed by atoms with E-state index in [1.54, 1.807) is 17.6 Å². The lowest BCUT2D eigenvalue weighted by Gasteiger charge is -2.09. The summed E-state index contributed by atoms with van der Waals surface area (Å²) in [7, 11) is 1.43. The molecule has 4 N–H and O–H groups in total. The molecule has 0 aliphatic heterocycles. The van der Waals surface area contributed by atoms with Crippen LogP contribution in [0.2, 0.25) is 5.02 Å². The first-order valence-corrected chi connectivity index (χ1v) is 4.61. The molecule has 6 nitrogen and oxygen atoms in total. The highest BCUT2D eigenvalue weighted by atomic mass is 35.5. The molecule has 0 heterocycles. The van der Waals surface area contributed by atoms with Crippen molar-refractivity contribution in [2.24, 2.45) is 5.84 Å². The molecular formula is C9H10ClN3O3. The fourth-order valence-corrected chi connectivity index (χ4v) is 1.19. The first-order chi connectivity index (χ1) is 7.58. The van der Waals surface area contributed by atoms with Gasteiger partial charge in [-0.25, -0.2) is 5.84 Å². The monoisotopic (exact) mass is 243 g/mol. The molecule has 0 unspecified atom stereocenters. The maximum absolute atomic E-state index is 11.2. The van der Waals surface area contributed by atoms with Crippen molar-refractivity contribution in [3.63, 3.8) is 0 Å². The summed E-state index contributed by atoms with van der Waals surface area (Å²) in [6.07, 6.45) is 0. The van der Waals surface area contributed by atoms with Crippen LogP contribution in [0.1, 0.15) is 0 Å². The highest BCUT2D eigenvalue weighted by Gasteiger charge is 2.14. The molecule has 7 heteroatoms. The van der Waals surface area contributed by atoms with Crippen LogP contribution in [-0.4, -0.2) is 18.9 Å². The standard InChI is InChI=1S/C9H10ClN3O3/c1-16-7-3-2-5(10)4-6(7)12-8(14)9(15)13-11/h2-4H,11H2,1H3,(H,12,14)(H,13,15). The minimum atomic E-state index is -0.956. The Morgan fingerprint density at radius 3 is 2.62 bits per heavy atom. The predicted octanol–water partition coefficient (Wildman–Crippen LogP) is 0.277. The van der Waals surface area contributed by atoms with Crippen molar-refractivity contribution in [2.75, 3.05) is 12.4 Å². The van der Waals surface area contributed by atoms with Gasteiger partial charge in [-0.05, 0) is 18.2 Å². The van der Waals surface area contributed by atoms with Gasteiger partial charge >= 0.3 is 11.8 Å². The molecule has 1 aromatic rings. The minimum absolute atomic E-state index is 0.295. The van der Waals surface area contributed by atoms with E-state index in [4.69, 9.17) is 22.2 Å². The number of anilines is 1. The van der Waals surface area contributed by atoms with Gasteiger partial charge in [-0.2, -0.15) is 0 Å². The summed E-state index contributed by atoms with van der Waals surface area (Å²) < 4.78 is 4.98. The Bertz CT molecular complexity index is 422. The first kappa shape index (κ1) is 12.3. The summed E-state index contributed by atoms with van der Waals surface area (Å²) in [4.78, 5) is 22.1. The number of carbonyl (C=O) groups is 2. The number of hydrogen-bond donors (Lipinski definition) is 3. The van der Waals surface area contributed by atoms with Crippen LogP contribution in [0.25, 0.3) is 0 Å². The largest absolute Gasteiger partial charge is 0.495 e. The van der Waals surface area contributed by atoms with E-state index >= 15 is 0 Å². The van der Waals surface area contributed by atoms with Gasteiger partial charge in [-0.1, -0.05) is 11.6 Å².